The topological polar surface area (TPSA) is 56.7 Å². The summed E-state index contributed by atoms with van der Waals surface area (Å²) in [6.45, 7) is 8.44. The number of likely N-dealkylation sites (tertiary alicyclic amines) is 1. The van der Waals surface area contributed by atoms with E-state index in [0.29, 0.717) is 38.9 Å². The number of piperidine rings is 1. The second-order valence-corrected chi connectivity index (χ2v) is 7.95. The Kier molecular flexibility index (Phi) is 6.38. The molecule has 2 rings (SSSR count). The molecule has 1 aromatic rings. The largest absolute Gasteiger partial charge is 0.465 e. The van der Waals surface area contributed by atoms with Gasteiger partial charge in [-0.25, -0.2) is 9.18 Å². The fourth-order valence-electron chi connectivity index (χ4n) is 3.35. The molecule has 5 nitrogen and oxygen atoms in total. The number of rotatable bonds is 6. The molecule has 2 heterocycles. The quantitative estimate of drug-likeness (QED) is 0.851. The zero-order valence-electron chi connectivity index (χ0n) is 15.5. The first-order chi connectivity index (χ1) is 11.7. The predicted octanol–water partition coefficient (Wildman–Crippen LogP) is 3.60. The third-order valence-corrected chi connectivity index (χ3v) is 4.87. The molecule has 25 heavy (non-hydrogen) atoms. The number of alkyl halides is 1. The number of amides is 1. The minimum absolute atomic E-state index is 0.374. The lowest BCUT2D eigenvalue weighted by atomic mass is 9.88. The molecule has 1 fully saturated rings. The number of carbonyl (C=O) groups is 1. The number of hydrogen-bond donors (Lipinski definition) is 1. The number of halogens is 1. The second-order valence-electron chi connectivity index (χ2n) is 7.95. The fraction of sp³-hybridized carbons (Fsp3) is 0.684. The van der Waals surface area contributed by atoms with Crippen molar-refractivity contribution in [1.82, 2.24) is 14.8 Å². The number of hydrogen-bond acceptors (Lipinski definition) is 3. The van der Waals surface area contributed by atoms with Gasteiger partial charge in [0.2, 0.25) is 0 Å². The van der Waals surface area contributed by atoms with Crippen LogP contribution in [0.2, 0.25) is 0 Å². The average Bonchev–Trinajstić information content (AvgIpc) is 2.52. The van der Waals surface area contributed by atoms with Gasteiger partial charge in [-0.2, -0.15) is 0 Å². The molecule has 0 bridgehead atoms. The molecule has 0 aromatic carbocycles. The lowest BCUT2D eigenvalue weighted by Crippen LogP contribution is -2.47. The summed E-state index contributed by atoms with van der Waals surface area (Å²) in [6.07, 6.45) is 2.97. The van der Waals surface area contributed by atoms with E-state index in [1.165, 1.54) is 4.90 Å². The Bertz CT molecular complexity index is 552. The summed E-state index contributed by atoms with van der Waals surface area (Å²) in [6, 6.07) is 5.61. The minimum Gasteiger partial charge on any atom is -0.465 e. The maximum atomic E-state index is 15.0. The summed E-state index contributed by atoms with van der Waals surface area (Å²) in [5.74, 6) is 0. The number of aromatic nitrogens is 1. The van der Waals surface area contributed by atoms with E-state index in [4.69, 9.17) is 0 Å². The first-order valence-electron chi connectivity index (χ1n) is 9.01. The van der Waals surface area contributed by atoms with Crippen LogP contribution in [0.25, 0.3) is 0 Å². The van der Waals surface area contributed by atoms with Gasteiger partial charge in [0.1, 0.15) is 5.67 Å². The highest BCUT2D eigenvalue weighted by atomic mass is 19.1. The third kappa shape index (κ3) is 5.96. The summed E-state index contributed by atoms with van der Waals surface area (Å²) in [5.41, 5.74) is -0.769. The number of nitrogens with zero attached hydrogens (tertiary/aromatic N) is 3. The van der Waals surface area contributed by atoms with Crippen molar-refractivity contribution in [2.75, 3.05) is 26.2 Å². The van der Waals surface area contributed by atoms with E-state index in [2.05, 4.69) is 9.88 Å². The van der Waals surface area contributed by atoms with E-state index in [0.717, 1.165) is 18.7 Å². The zero-order valence-corrected chi connectivity index (χ0v) is 15.5. The molecule has 0 atom stereocenters. The Morgan fingerprint density at radius 3 is 2.56 bits per heavy atom. The molecule has 0 radical (unpaired) electrons. The van der Waals surface area contributed by atoms with Crippen molar-refractivity contribution in [3.63, 3.8) is 0 Å². The molecule has 1 aromatic heterocycles. The lowest BCUT2D eigenvalue weighted by molar-refractivity contribution is 0.0534. The van der Waals surface area contributed by atoms with Crippen LogP contribution in [0.4, 0.5) is 9.18 Å². The summed E-state index contributed by atoms with van der Waals surface area (Å²) in [7, 11) is 0. The van der Waals surface area contributed by atoms with Gasteiger partial charge in [-0.1, -0.05) is 6.07 Å². The van der Waals surface area contributed by atoms with Crippen molar-refractivity contribution in [2.45, 2.75) is 57.7 Å². The molecule has 0 saturated carbocycles. The van der Waals surface area contributed by atoms with Crippen LogP contribution in [-0.2, 0) is 6.42 Å². The Hall–Kier alpha value is -1.69. The second kappa shape index (κ2) is 8.13. The molecule has 6 heteroatoms. The number of carboxylic acid groups (broad SMARTS) is 1. The highest BCUT2D eigenvalue weighted by molar-refractivity contribution is 5.65. The van der Waals surface area contributed by atoms with E-state index >= 15 is 0 Å². The van der Waals surface area contributed by atoms with Crippen molar-refractivity contribution < 1.29 is 14.3 Å². The number of pyridine rings is 1. The van der Waals surface area contributed by atoms with Crippen molar-refractivity contribution in [1.29, 1.82) is 0 Å². The minimum atomic E-state index is -1.18. The lowest BCUT2D eigenvalue weighted by Gasteiger charge is -2.37. The van der Waals surface area contributed by atoms with Gasteiger partial charge in [0.15, 0.2) is 0 Å². The smallest absolute Gasteiger partial charge is 0.407 e. The Morgan fingerprint density at radius 2 is 2.04 bits per heavy atom. The van der Waals surface area contributed by atoms with E-state index < -0.39 is 17.3 Å². The van der Waals surface area contributed by atoms with Crippen LogP contribution in [-0.4, -0.2) is 63.4 Å². The van der Waals surface area contributed by atoms with Gasteiger partial charge in [0.25, 0.3) is 0 Å². The molecule has 140 valence electrons. The van der Waals surface area contributed by atoms with Crippen LogP contribution in [0.15, 0.2) is 24.4 Å². The molecule has 0 aliphatic carbocycles. The van der Waals surface area contributed by atoms with Gasteiger partial charge in [0.05, 0.1) is 0 Å². The third-order valence-electron chi connectivity index (χ3n) is 4.87. The van der Waals surface area contributed by atoms with Crippen molar-refractivity contribution >= 4 is 6.09 Å². The van der Waals surface area contributed by atoms with E-state index in [1.807, 2.05) is 39.0 Å². The summed E-state index contributed by atoms with van der Waals surface area (Å²) < 4.78 is 15.0. The Morgan fingerprint density at radius 1 is 1.36 bits per heavy atom. The highest BCUT2D eigenvalue weighted by Gasteiger charge is 2.35. The zero-order chi connectivity index (χ0) is 18.5. The monoisotopic (exact) mass is 351 g/mol. The molecule has 0 unspecified atom stereocenters. The normalized spacial score (nSPS) is 18.1. The van der Waals surface area contributed by atoms with E-state index in [-0.39, 0.29) is 0 Å². The molecular formula is C19H30FN3O2. The maximum absolute atomic E-state index is 15.0. The van der Waals surface area contributed by atoms with E-state index in [9.17, 15) is 14.3 Å². The van der Waals surface area contributed by atoms with Crippen LogP contribution in [0.1, 0.15) is 45.7 Å². The SMILES string of the molecule is CC(C)(C)N(CCCN1CCC(F)(Cc2ccccn2)CC1)C(=O)O. The van der Waals surface area contributed by atoms with Crippen LogP contribution in [0.5, 0.6) is 0 Å². The molecule has 1 aliphatic rings. The maximum Gasteiger partial charge on any atom is 0.407 e. The van der Waals surface area contributed by atoms with Crippen LogP contribution >= 0.6 is 0 Å². The fourth-order valence-corrected chi connectivity index (χ4v) is 3.35. The van der Waals surface area contributed by atoms with Gasteiger partial charge in [-0.05, 0) is 58.7 Å². The van der Waals surface area contributed by atoms with E-state index in [1.54, 1.807) is 6.20 Å². The van der Waals surface area contributed by atoms with Crippen LogP contribution in [0, 0.1) is 0 Å². The molecule has 1 N–H and O–H groups in total. The van der Waals surface area contributed by atoms with Gasteiger partial charge in [-0.15, -0.1) is 0 Å². The van der Waals surface area contributed by atoms with Gasteiger partial charge >= 0.3 is 6.09 Å². The van der Waals surface area contributed by atoms with Crippen molar-refractivity contribution in [3.05, 3.63) is 30.1 Å². The molecule has 1 aliphatic heterocycles. The van der Waals surface area contributed by atoms with Gasteiger partial charge < -0.3 is 14.9 Å². The molecule has 1 amide bonds. The van der Waals surface area contributed by atoms with Gasteiger partial charge in [-0.3, -0.25) is 4.98 Å². The Balaban J connectivity index is 1.76. The van der Waals surface area contributed by atoms with Crippen molar-refractivity contribution in [2.24, 2.45) is 0 Å². The molecule has 1 saturated heterocycles. The predicted molar refractivity (Wildman–Crippen MR) is 96.6 cm³/mol. The standard InChI is InChI=1S/C19H30FN3O2/c1-18(2,3)23(17(24)25)12-6-11-22-13-8-19(20,9-14-22)15-16-7-4-5-10-21-16/h4-5,7,10H,6,8-9,11-15H2,1-3H3,(H,24,25). The highest BCUT2D eigenvalue weighted by Crippen LogP contribution is 2.30. The van der Waals surface area contributed by atoms with Crippen molar-refractivity contribution in [3.8, 4) is 0 Å². The Labute approximate surface area is 149 Å². The molecular weight excluding hydrogens is 321 g/mol. The molecule has 0 spiro atoms. The first kappa shape index (κ1) is 19.6. The summed E-state index contributed by atoms with van der Waals surface area (Å²) >= 11 is 0. The summed E-state index contributed by atoms with van der Waals surface area (Å²) in [4.78, 5) is 19.3. The first-order valence-corrected chi connectivity index (χ1v) is 9.01. The summed E-state index contributed by atoms with van der Waals surface area (Å²) in [5, 5.41) is 9.31. The van der Waals surface area contributed by atoms with Crippen LogP contribution < -0.4 is 0 Å². The van der Waals surface area contributed by atoms with Crippen LogP contribution in [0.3, 0.4) is 0 Å². The average molecular weight is 351 g/mol. The van der Waals surface area contributed by atoms with Gasteiger partial charge in [0, 0.05) is 43.5 Å².